The van der Waals surface area contributed by atoms with Crippen molar-refractivity contribution >= 4 is 52.7 Å². The molecule has 12 nitrogen and oxygen atoms in total. The van der Waals surface area contributed by atoms with Crippen molar-refractivity contribution < 1.29 is 43.3 Å². The lowest BCUT2D eigenvalue weighted by molar-refractivity contribution is -0.757. The van der Waals surface area contributed by atoms with E-state index in [2.05, 4.69) is 23.4 Å². The van der Waals surface area contributed by atoms with Crippen molar-refractivity contribution in [2.75, 3.05) is 39.5 Å². The number of hydrogen-bond acceptors (Lipinski definition) is 11. The topological polar surface area (TPSA) is 144 Å². The van der Waals surface area contributed by atoms with Crippen LogP contribution in [0.25, 0.3) is 0 Å². The normalized spacial score (nSPS) is 16.2. The number of nitrogens with zero attached hydrogens (tertiary/aromatic N) is 2. The fraction of sp³-hybridized carbons (Fsp3) is 0.500. The van der Waals surface area contributed by atoms with Gasteiger partial charge in [0.2, 0.25) is 6.10 Å². The van der Waals surface area contributed by atoms with Gasteiger partial charge >= 0.3 is 17.9 Å². The Morgan fingerprint density at radius 1 is 1.04 bits per heavy atom. The lowest BCUT2D eigenvalue weighted by Gasteiger charge is -2.34. The third kappa shape index (κ3) is 11.7. The molecule has 1 saturated heterocycles. The van der Waals surface area contributed by atoms with E-state index >= 15 is 0 Å². The average molecular weight is 683 g/mol. The molecule has 45 heavy (non-hydrogen) atoms. The first-order valence-corrected chi connectivity index (χ1v) is 18.5. The van der Waals surface area contributed by atoms with Crippen molar-refractivity contribution in [3.8, 4) is 5.75 Å². The van der Waals surface area contributed by atoms with Crippen molar-refractivity contribution in [3.63, 3.8) is 0 Å². The van der Waals surface area contributed by atoms with Gasteiger partial charge in [0.15, 0.2) is 0 Å². The number of esters is 3. The molecule has 0 aromatic heterocycles. The predicted molar refractivity (Wildman–Crippen MR) is 174 cm³/mol. The minimum Gasteiger partial charge on any atom is -0.461 e. The molecule has 246 valence electrons. The molecule has 2 aromatic carbocycles. The maximum absolute atomic E-state index is 13.2. The van der Waals surface area contributed by atoms with Crippen LogP contribution < -0.4 is 10.0 Å². The van der Waals surface area contributed by atoms with Gasteiger partial charge in [-0.3, -0.25) is 14.3 Å². The van der Waals surface area contributed by atoms with Crippen molar-refractivity contribution in [2.45, 2.75) is 52.1 Å². The van der Waals surface area contributed by atoms with Crippen LogP contribution in [0.2, 0.25) is 0 Å². The molecule has 0 aliphatic carbocycles. The molecular weight excluding hydrogens is 643 g/mol. The maximum Gasteiger partial charge on any atom is 0.356 e. The fourth-order valence-electron chi connectivity index (χ4n) is 4.42. The van der Waals surface area contributed by atoms with Crippen molar-refractivity contribution in [3.05, 3.63) is 69.8 Å². The molecule has 15 heteroatoms. The Hall–Kier alpha value is -3.03. The lowest BCUT2D eigenvalue weighted by Crippen LogP contribution is -2.37. The van der Waals surface area contributed by atoms with Gasteiger partial charge in [-0.2, -0.15) is 0 Å². The second-order valence-electron chi connectivity index (χ2n) is 10.9. The van der Waals surface area contributed by atoms with Crippen molar-refractivity contribution in [1.29, 1.82) is 0 Å². The minimum atomic E-state index is -2.33. The Balaban J connectivity index is 1.68. The molecule has 0 saturated carbocycles. The molecule has 0 spiro atoms. The number of carbonyl (C=O) groups excluding carboxylic acids is 3. The molecule has 1 aliphatic heterocycles. The van der Waals surface area contributed by atoms with Gasteiger partial charge in [-0.05, 0) is 61.1 Å². The van der Waals surface area contributed by atoms with E-state index in [0.29, 0.717) is 37.8 Å². The molecule has 1 fully saturated rings. The summed E-state index contributed by atoms with van der Waals surface area (Å²) in [6.45, 7) is 7.49. The number of carbonyl (C=O) groups is 3. The van der Waals surface area contributed by atoms with Crippen LogP contribution >= 0.6 is 17.6 Å². The first-order valence-electron chi connectivity index (χ1n) is 14.6. The third-order valence-electron chi connectivity index (χ3n) is 6.88. The van der Waals surface area contributed by atoms with Gasteiger partial charge in [-0.25, -0.2) is 4.79 Å². The zero-order valence-corrected chi connectivity index (χ0v) is 28.1. The molecule has 1 aliphatic rings. The van der Waals surface area contributed by atoms with Crippen LogP contribution in [0.15, 0.2) is 48.5 Å². The summed E-state index contributed by atoms with van der Waals surface area (Å²) in [5, 5.41) is 7.81. The smallest absolute Gasteiger partial charge is 0.356 e. The zero-order valence-electron chi connectivity index (χ0n) is 25.5. The number of morpholine rings is 1. The van der Waals surface area contributed by atoms with Gasteiger partial charge in [0.05, 0.1) is 31.1 Å². The SMILES string of the molecule is CC(C)Cc1ccc(C(C)C(=O)OC(COC(=O)CCCO[N+](=O)[O-])C(=O)Oc2ccc(P(=S)(S)N3CCOCC3)cc2)cc1. The summed E-state index contributed by atoms with van der Waals surface area (Å²) >= 11 is 10.6. The summed E-state index contributed by atoms with van der Waals surface area (Å²) in [7, 11) is 0. The molecule has 0 amide bonds. The van der Waals surface area contributed by atoms with Crippen LogP contribution in [-0.4, -0.2) is 73.3 Å². The number of rotatable bonds is 16. The molecule has 3 atom stereocenters. The number of thiol groups is 1. The number of hydrogen-bond donors (Lipinski definition) is 1. The average Bonchev–Trinajstić information content (AvgIpc) is 3.01. The van der Waals surface area contributed by atoms with E-state index in [0.717, 1.165) is 17.3 Å². The predicted octanol–water partition coefficient (Wildman–Crippen LogP) is 4.23. The van der Waals surface area contributed by atoms with E-state index in [1.54, 1.807) is 31.2 Å². The van der Waals surface area contributed by atoms with E-state index in [1.165, 1.54) is 0 Å². The van der Waals surface area contributed by atoms with E-state index in [4.69, 9.17) is 43.0 Å². The Bertz CT molecular complexity index is 1350. The Kier molecular flexibility index (Phi) is 14.3. The highest BCUT2D eigenvalue weighted by Gasteiger charge is 2.30. The molecule has 1 heterocycles. The second-order valence-corrected chi connectivity index (χ2v) is 17.2. The van der Waals surface area contributed by atoms with Crippen LogP contribution in [0.4, 0.5) is 0 Å². The third-order valence-corrected chi connectivity index (χ3v) is 11.8. The first kappa shape index (κ1) is 36.4. The summed E-state index contributed by atoms with van der Waals surface area (Å²) in [6.07, 6.45) is -0.854. The van der Waals surface area contributed by atoms with Crippen LogP contribution in [0.3, 0.4) is 0 Å². The highest BCUT2D eigenvalue weighted by atomic mass is 32.9. The molecule has 0 bridgehead atoms. The van der Waals surface area contributed by atoms with Gasteiger partial charge in [0, 0.05) is 24.8 Å². The molecule has 2 aromatic rings. The Labute approximate surface area is 273 Å². The van der Waals surface area contributed by atoms with Crippen LogP contribution in [0.5, 0.6) is 5.75 Å². The largest absolute Gasteiger partial charge is 0.461 e. The quantitative estimate of drug-likeness (QED) is 0.0515. The van der Waals surface area contributed by atoms with E-state index in [1.807, 2.05) is 24.3 Å². The van der Waals surface area contributed by atoms with Gasteiger partial charge in [-0.15, -0.1) is 22.4 Å². The maximum atomic E-state index is 13.2. The van der Waals surface area contributed by atoms with Crippen LogP contribution in [0.1, 0.15) is 50.7 Å². The van der Waals surface area contributed by atoms with Gasteiger partial charge in [0.1, 0.15) is 12.4 Å². The van der Waals surface area contributed by atoms with Crippen LogP contribution in [-0.2, 0) is 51.7 Å². The lowest BCUT2D eigenvalue weighted by atomic mass is 9.97. The standard InChI is InChI=1S/C30H39N2O10PS2/c1-21(2)19-23-6-8-24(9-7-23)22(3)29(34)42-27(20-39-28(33)5-4-16-40-32(36)37)30(35)41-25-10-12-26(13-11-25)43(44,45)31-14-17-38-18-15-31/h6-13,21-22,27H,4-5,14-20H2,1-3H3,(H,44,45). The highest BCUT2D eigenvalue weighted by molar-refractivity contribution is 8.65. The van der Waals surface area contributed by atoms with E-state index in [9.17, 15) is 24.5 Å². The van der Waals surface area contributed by atoms with Gasteiger partial charge in [-0.1, -0.05) is 49.9 Å². The monoisotopic (exact) mass is 682 g/mol. The summed E-state index contributed by atoms with van der Waals surface area (Å²) in [5.41, 5.74) is 1.83. The molecule has 0 N–H and O–H groups in total. The molecular formula is C30H39N2O10PS2. The Morgan fingerprint density at radius 2 is 1.69 bits per heavy atom. The first-order chi connectivity index (χ1) is 21.4. The number of benzene rings is 2. The summed E-state index contributed by atoms with van der Waals surface area (Å²) in [6, 6.07) is 14.2. The van der Waals surface area contributed by atoms with Gasteiger partial charge in [0.25, 0.3) is 5.09 Å². The van der Waals surface area contributed by atoms with E-state index < -0.39 is 47.0 Å². The summed E-state index contributed by atoms with van der Waals surface area (Å²) < 4.78 is 23.7. The summed E-state index contributed by atoms with van der Waals surface area (Å²) in [5.74, 6) is -2.47. The van der Waals surface area contributed by atoms with Gasteiger partial charge < -0.3 is 23.8 Å². The van der Waals surface area contributed by atoms with Crippen molar-refractivity contribution in [2.24, 2.45) is 5.92 Å². The summed E-state index contributed by atoms with van der Waals surface area (Å²) in [4.78, 5) is 53.0. The molecule has 0 radical (unpaired) electrons. The minimum absolute atomic E-state index is 0.0213. The van der Waals surface area contributed by atoms with Crippen molar-refractivity contribution in [1.82, 2.24) is 4.67 Å². The zero-order chi connectivity index (χ0) is 33.0. The van der Waals surface area contributed by atoms with Crippen LogP contribution in [0, 0.1) is 16.0 Å². The Morgan fingerprint density at radius 3 is 2.29 bits per heavy atom. The highest BCUT2D eigenvalue weighted by Crippen LogP contribution is 2.53. The molecule has 3 unspecified atom stereocenters. The molecule has 3 rings (SSSR count). The fourth-order valence-corrected chi connectivity index (χ4v) is 7.78. The number of ether oxygens (including phenoxy) is 4. The van der Waals surface area contributed by atoms with E-state index in [-0.39, 0.29) is 25.2 Å². The second kappa shape index (κ2) is 17.6.